The fourth-order valence-electron chi connectivity index (χ4n) is 2.16. The Morgan fingerprint density at radius 2 is 1.12 bits per heavy atom. The molecule has 14 nitrogen and oxygen atoms in total. The van der Waals surface area contributed by atoms with Crippen LogP contribution >= 0.6 is 0 Å². The molecule has 0 aliphatic carbocycles. The number of rotatable bonds is 6. The lowest BCUT2D eigenvalue weighted by molar-refractivity contribution is -0.303. The summed E-state index contributed by atoms with van der Waals surface area (Å²) in [5.74, 6) is 18.4. The van der Waals surface area contributed by atoms with Crippen LogP contribution in [0.5, 0.6) is 0 Å². The molecule has 0 aromatic carbocycles. The van der Waals surface area contributed by atoms with Crippen LogP contribution in [-0.2, 0) is 29.3 Å². The summed E-state index contributed by atoms with van der Waals surface area (Å²) < 4.78 is 54.3. The third kappa shape index (κ3) is 12.0. The molecule has 2 heterocycles. The first-order chi connectivity index (χ1) is 12.3. The highest BCUT2D eigenvalue weighted by Gasteiger charge is 2.41. The summed E-state index contributed by atoms with van der Waals surface area (Å²) in [6.07, 6.45) is 1.08. The Hall–Kier alpha value is -0.530. The first kappa shape index (κ1) is 25.5. The molecule has 26 heavy (non-hydrogen) atoms. The van der Waals surface area contributed by atoms with Crippen molar-refractivity contribution in [2.45, 2.75) is 25.4 Å². The van der Waals surface area contributed by atoms with Gasteiger partial charge in [0.1, 0.15) is 0 Å². The molecule has 2 saturated heterocycles. The van der Waals surface area contributed by atoms with E-state index in [0.717, 1.165) is 12.8 Å². The molecule has 2 fully saturated rings. The van der Waals surface area contributed by atoms with Gasteiger partial charge in [0.25, 0.3) is 0 Å². The first-order valence-corrected chi connectivity index (χ1v) is 9.04. The van der Waals surface area contributed by atoms with Gasteiger partial charge in [0, 0.05) is 25.9 Å². The molecule has 12 N–H and O–H groups in total. The minimum absolute atomic E-state index is 0.181. The second-order valence-electron chi connectivity index (χ2n) is 5.54. The molecule has 2 aliphatic heterocycles. The second-order valence-corrected chi connectivity index (χ2v) is 6.43. The number of hydrazine groups is 3. The van der Waals surface area contributed by atoms with E-state index in [-0.39, 0.29) is 18.0 Å². The summed E-state index contributed by atoms with van der Waals surface area (Å²) in [6.45, 7) is 3.68. The van der Waals surface area contributed by atoms with Crippen LogP contribution < -0.4 is 34.2 Å². The van der Waals surface area contributed by atoms with E-state index in [1.54, 1.807) is 0 Å². The van der Waals surface area contributed by atoms with Gasteiger partial charge >= 0.3 is 10.4 Å². The van der Waals surface area contributed by atoms with Gasteiger partial charge in [-0.15, -0.1) is 0 Å². The highest BCUT2D eigenvalue weighted by molar-refractivity contribution is 7.79. The zero-order valence-corrected chi connectivity index (χ0v) is 15.2. The molecule has 0 radical (unpaired) electrons. The van der Waals surface area contributed by atoms with E-state index in [2.05, 4.69) is 22.5 Å². The van der Waals surface area contributed by atoms with Gasteiger partial charge in [0.05, 0.1) is 31.8 Å². The van der Waals surface area contributed by atoms with Gasteiger partial charge in [-0.05, 0) is 0 Å². The molecule has 0 aromatic rings. The quantitative estimate of drug-likeness (QED) is 0.122. The van der Waals surface area contributed by atoms with Crippen LogP contribution in [0.4, 0.5) is 0 Å². The monoisotopic (exact) mass is 406 g/mol. The molecular weight excluding hydrogens is 376 g/mol. The molecule has 2 rings (SSSR count). The van der Waals surface area contributed by atoms with Gasteiger partial charge in [-0.2, -0.15) is 8.42 Å². The molecule has 1 spiro atoms. The van der Waals surface area contributed by atoms with Crippen molar-refractivity contribution in [3.05, 3.63) is 0 Å². The molecule has 0 atom stereocenters. The molecule has 0 unspecified atom stereocenters. The maximum absolute atomic E-state index is 8.74. The van der Waals surface area contributed by atoms with Crippen LogP contribution in [0.2, 0.25) is 0 Å². The Morgan fingerprint density at radius 1 is 0.846 bits per heavy atom. The van der Waals surface area contributed by atoms with Crippen LogP contribution in [0.25, 0.3) is 0 Å². The zero-order chi connectivity index (χ0) is 20.1. The molecule has 0 amide bonds. The van der Waals surface area contributed by atoms with Crippen LogP contribution in [0.1, 0.15) is 12.8 Å². The molecule has 15 heteroatoms. The normalized spacial score (nSPS) is 28.5. The van der Waals surface area contributed by atoms with E-state index in [9.17, 15) is 0 Å². The Bertz CT molecular complexity index is 402. The van der Waals surface area contributed by atoms with Gasteiger partial charge in [0.2, 0.25) is 0 Å². The summed E-state index contributed by atoms with van der Waals surface area (Å²) in [7, 11) is -4.67. The second kappa shape index (κ2) is 13.6. The fourth-order valence-corrected chi connectivity index (χ4v) is 2.16. The standard InChI is InChI=1S/C11H24N4O4.H4N2.H2O4S/c12-14-3-1-9-16-5-11(6-17-9)7-18-10(19-8-11)2-4-15-13;1-2;1-5(2,3)4/h9-10,14-15H,1-8,12-13H2;1-2H2;(H2,1,2,3,4). The Balaban J connectivity index is 0.000000772. The summed E-state index contributed by atoms with van der Waals surface area (Å²) >= 11 is 0. The summed E-state index contributed by atoms with van der Waals surface area (Å²) in [4.78, 5) is 0. The maximum atomic E-state index is 8.74. The van der Waals surface area contributed by atoms with E-state index in [1.807, 2.05) is 0 Å². The number of hydrogen-bond acceptors (Lipinski definition) is 12. The van der Waals surface area contributed by atoms with Gasteiger partial charge in [0.15, 0.2) is 12.6 Å². The average molecular weight is 406 g/mol. The lowest BCUT2D eigenvalue weighted by atomic mass is 9.90. The Kier molecular flexibility index (Phi) is 13.3. The SMILES string of the molecule is NN.NNCCC1OCC2(CO1)COC(CCNN)OC2.O=S(=O)(O)O. The molecule has 0 aromatic heterocycles. The highest BCUT2D eigenvalue weighted by atomic mass is 32.3. The van der Waals surface area contributed by atoms with Crippen molar-refractivity contribution in [3.8, 4) is 0 Å². The average Bonchev–Trinajstić information content (AvgIpc) is 2.61. The fraction of sp³-hybridized carbons (Fsp3) is 1.00. The van der Waals surface area contributed by atoms with Crippen molar-refractivity contribution in [1.29, 1.82) is 0 Å². The number of ether oxygens (including phenoxy) is 4. The smallest absolute Gasteiger partial charge is 0.352 e. The summed E-state index contributed by atoms with van der Waals surface area (Å²) in [5, 5.41) is 0. The first-order valence-electron chi connectivity index (χ1n) is 7.64. The molecule has 158 valence electrons. The van der Waals surface area contributed by atoms with Crippen LogP contribution in [0, 0.1) is 5.41 Å². The Labute approximate surface area is 152 Å². The summed E-state index contributed by atoms with van der Waals surface area (Å²) in [6, 6.07) is 0. The zero-order valence-electron chi connectivity index (χ0n) is 14.4. The third-order valence-electron chi connectivity index (χ3n) is 3.35. The maximum Gasteiger partial charge on any atom is 0.394 e. The topological polar surface area (TPSA) is 240 Å². The summed E-state index contributed by atoms with van der Waals surface area (Å²) in [5.41, 5.74) is 4.99. The van der Waals surface area contributed by atoms with Gasteiger partial charge in [-0.3, -0.25) is 43.3 Å². The van der Waals surface area contributed by atoms with E-state index < -0.39 is 10.4 Å². The van der Waals surface area contributed by atoms with Crippen molar-refractivity contribution in [3.63, 3.8) is 0 Å². The van der Waals surface area contributed by atoms with E-state index in [0.29, 0.717) is 39.5 Å². The lowest BCUT2D eigenvalue weighted by Crippen LogP contribution is -2.52. The number of nitrogens with two attached hydrogens (primary N) is 4. The van der Waals surface area contributed by atoms with E-state index >= 15 is 0 Å². The molecule has 2 aliphatic rings. The molecule has 0 bridgehead atoms. The molecular formula is C11H30N6O8S. The van der Waals surface area contributed by atoms with Gasteiger partial charge in [-0.25, -0.2) is 0 Å². The Morgan fingerprint density at radius 3 is 1.35 bits per heavy atom. The predicted molar refractivity (Wildman–Crippen MR) is 90.0 cm³/mol. The van der Waals surface area contributed by atoms with Gasteiger partial charge in [-0.1, -0.05) is 0 Å². The van der Waals surface area contributed by atoms with E-state index in [4.69, 9.17) is 48.2 Å². The third-order valence-corrected chi connectivity index (χ3v) is 3.35. The minimum Gasteiger partial charge on any atom is -0.352 e. The van der Waals surface area contributed by atoms with Crippen molar-refractivity contribution in [2.24, 2.45) is 28.8 Å². The van der Waals surface area contributed by atoms with Gasteiger partial charge < -0.3 is 18.9 Å². The minimum atomic E-state index is -4.67. The number of hydrogen-bond donors (Lipinski definition) is 8. The van der Waals surface area contributed by atoms with Crippen LogP contribution in [-0.4, -0.2) is 69.6 Å². The van der Waals surface area contributed by atoms with Crippen LogP contribution in [0.3, 0.4) is 0 Å². The van der Waals surface area contributed by atoms with Crippen molar-refractivity contribution in [1.82, 2.24) is 10.9 Å². The lowest BCUT2D eigenvalue weighted by Gasteiger charge is -2.43. The van der Waals surface area contributed by atoms with Crippen LogP contribution in [0.15, 0.2) is 0 Å². The van der Waals surface area contributed by atoms with Crippen molar-refractivity contribution < 1.29 is 36.5 Å². The van der Waals surface area contributed by atoms with Crippen molar-refractivity contribution >= 4 is 10.4 Å². The number of nitrogens with one attached hydrogen (secondary N) is 2. The van der Waals surface area contributed by atoms with E-state index in [1.165, 1.54) is 0 Å². The molecule has 0 saturated carbocycles. The predicted octanol–water partition coefficient (Wildman–Crippen LogP) is -3.41. The largest absolute Gasteiger partial charge is 0.394 e. The van der Waals surface area contributed by atoms with Crippen molar-refractivity contribution in [2.75, 3.05) is 39.5 Å². The highest BCUT2D eigenvalue weighted by Crippen LogP contribution is 2.31.